The third kappa shape index (κ3) is 2.55. The molecule has 17 heavy (non-hydrogen) atoms. The van der Waals surface area contributed by atoms with Crippen molar-refractivity contribution in [1.82, 2.24) is 9.88 Å². The fourth-order valence-corrected chi connectivity index (χ4v) is 2.05. The summed E-state index contributed by atoms with van der Waals surface area (Å²) >= 11 is 0. The van der Waals surface area contributed by atoms with E-state index >= 15 is 0 Å². The van der Waals surface area contributed by atoms with Gasteiger partial charge in [-0.3, -0.25) is 9.59 Å². The third-order valence-corrected chi connectivity index (χ3v) is 2.97. The number of aromatic nitrogens is 1. The number of aliphatic hydroxyl groups excluding tert-OH is 1. The number of nitrogens with zero attached hydrogens (tertiary/aromatic N) is 1. The van der Waals surface area contributed by atoms with Gasteiger partial charge in [-0.1, -0.05) is 0 Å². The summed E-state index contributed by atoms with van der Waals surface area (Å²) in [6.45, 7) is 2.68. The molecule has 0 saturated carbocycles. The Morgan fingerprint density at radius 3 is 3.00 bits per heavy atom. The van der Waals surface area contributed by atoms with E-state index in [9.17, 15) is 14.7 Å². The standard InChI is InChI=1S/C12H16N2O3/c1-8-5-11(16)10(6-13-8)12(17)14-4-2-3-9(15)7-14/h5-6,9,15H,2-4,7H2,1H3,(H,13,16)/t9-/m0/s1. The predicted octanol–water partition coefficient (Wildman–Crippen LogP) is 0.280. The highest BCUT2D eigenvalue weighted by atomic mass is 16.3. The summed E-state index contributed by atoms with van der Waals surface area (Å²) in [5, 5.41) is 9.51. The first-order valence-corrected chi connectivity index (χ1v) is 5.74. The molecule has 1 aliphatic rings. The van der Waals surface area contributed by atoms with Gasteiger partial charge in [0, 0.05) is 31.0 Å². The van der Waals surface area contributed by atoms with Crippen molar-refractivity contribution in [2.45, 2.75) is 25.9 Å². The second-order valence-corrected chi connectivity index (χ2v) is 4.44. The Labute approximate surface area is 99.1 Å². The van der Waals surface area contributed by atoms with Crippen molar-refractivity contribution in [2.24, 2.45) is 0 Å². The Balaban J connectivity index is 2.22. The Kier molecular flexibility index (Phi) is 3.28. The van der Waals surface area contributed by atoms with E-state index in [1.54, 1.807) is 6.92 Å². The quantitative estimate of drug-likeness (QED) is 0.735. The van der Waals surface area contributed by atoms with E-state index in [0.29, 0.717) is 19.5 Å². The lowest BCUT2D eigenvalue weighted by Gasteiger charge is -2.29. The van der Waals surface area contributed by atoms with Crippen molar-refractivity contribution >= 4 is 5.91 Å². The van der Waals surface area contributed by atoms with Crippen LogP contribution in [0.1, 0.15) is 28.9 Å². The monoisotopic (exact) mass is 236 g/mol. The zero-order valence-corrected chi connectivity index (χ0v) is 9.77. The maximum absolute atomic E-state index is 12.1. The molecule has 1 fully saturated rings. The van der Waals surface area contributed by atoms with Gasteiger partial charge < -0.3 is 15.0 Å². The highest BCUT2D eigenvalue weighted by Crippen LogP contribution is 2.12. The van der Waals surface area contributed by atoms with Crippen LogP contribution in [0.4, 0.5) is 0 Å². The zero-order valence-electron chi connectivity index (χ0n) is 9.77. The summed E-state index contributed by atoms with van der Waals surface area (Å²) in [6.07, 6.45) is 2.46. The number of pyridine rings is 1. The maximum atomic E-state index is 12.1. The van der Waals surface area contributed by atoms with Gasteiger partial charge in [-0.05, 0) is 19.8 Å². The third-order valence-electron chi connectivity index (χ3n) is 2.97. The first-order valence-electron chi connectivity index (χ1n) is 5.74. The normalized spacial score (nSPS) is 20.4. The molecule has 1 aromatic rings. The molecule has 92 valence electrons. The van der Waals surface area contributed by atoms with Crippen molar-refractivity contribution in [1.29, 1.82) is 0 Å². The minimum absolute atomic E-state index is 0.143. The van der Waals surface area contributed by atoms with Crippen LogP contribution < -0.4 is 5.43 Å². The molecule has 2 heterocycles. The van der Waals surface area contributed by atoms with Crippen molar-refractivity contribution in [3.05, 3.63) is 33.7 Å². The van der Waals surface area contributed by atoms with E-state index in [-0.39, 0.29) is 16.9 Å². The Morgan fingerprint density at radius 1 is 1.59 bits per heavy atom. The molecule has 1 atom stereocenters. The summed E-state index contributed by atoms with van der Waals surface area (Å²) in [6, 6.07) is 1.41. The molecular weight excluding hydrogens is 220 g/mol. The molecule has 0 aliphatic carbocycles. The lowest BCUT2D eigenvalue weighted by Crippen LogP contribution is -2.43. The first-order chi connectivity index (χ1) is 8.08. The molecule has 0 radical (unpaired) electrons. The number of rotatable bonds is 1. The van der Waals surface area contributed by atoms with Gasteiger partial charge in [0.2, 0.25) is 0 Å². The zero-order chi connectivity index (χ0) is 12.4. The van der Waals surface area contributed by atoms with Gasteiger partial charge in [-0.2, -0.15) is 0 Å². The number of H-pyrrole nitrogens is 1. The van der Waals surface area contributed by atoms with E-state index in [4.69, 9.17) is 0 Å². The molecule has 1 amide bonds. The van der Waals surface area contributed by atoms with E-state index < -0.39 is 6.10 Å². The van der Waals surface area contributed by atoms with E-state index in [1.807, 2.05) is 0 Å². The summed E-state index contributed by atoms with van der Waals surface area (Å²) in [4.78, 5) is 28.1. The number of β-amino-alcohol motifs (C(OH)–C–C–N with tert-alkyl or cyclic N) is 1. The van der Waals surface area contributed by atoms with Crippen LogP contribution in [0.15, 0.2) is 17.1 Å². The van der Waals surface area contributed by atoms with Crippen LogP contribution in [-0.2, 0) is 0 Å². The molecule has 5 heteroatoms. The average molecular weight is 236 g/mol. The van der Waals surface area contributed by atoms with Gasteiger partial charge in [-0.25, -0.2) is 0 Å². The molecule has 0 spiro atoms. The van der Waals surface area contributed by atoms with Gasteiger partial charge in [-0.15, -0.1) is 0 Å². The number of nitrogens with one attached hydrogen (secondary N) is 1. The Hall–Kier alpha value is -1.62. The number of carbonyl (C=O) groups is 1. The van der Waals surface area contributed by atoms with Gasteiger partial charge in [0.05, 0.1) is 6.10 Å². The number of amides is 1. The topological polar surface area (TPSA) is 73.4 Å². The average Bonchev–Trinajstić information content (AvgIpc) is 2.28. The van der Waals surface area contributed by atoms with Crippen LogP contribution >= 0.6 is 0 Å². The van der Waals surface area contributed by atoms with Gasteiger partial charge in [0.15, 0.2) is 5.43 Å². The van der Waals surface area contributed by atoms with Crippen molar-refractivity contribution < 1.29 is 9.90 Å². The number of carbonyl (C=O) groups excluding carboxylic acids is 1. The summed E-state index contributed by atoms with van der Waals surface area (Å²) in [7, 11) is 0. The fourth-order valence-electron chi connectivity index (χ4n) is 2.05. The number of aromatic amines is 1. The van der Waals surface area contributed by atoms with E-state index in [2.05, 4.69) is 4.98 Å². The van der Waals surface area contributed by atoms with Crippen LogP contribution in [0.2, 0.25) is 0 Å². The summed E-state index contributed by atoms with van der Waals surface area (Å²) < 4.78 is 0. The van der Waals surface area contributed by atoms with Crippen molar-refractivity contribution in [2.75, 3.05) is 13.1 Å². The first kappa shape index (κ1) is 11.9. The lowest BCUT2D eigenvalue weighted by molar-refractivity contribution is 0.0472. The molecule has 0 aromatic carbocycles. The van der Waals surface area contributed by atoms with E-state index in [1.165, 1.54) is 17.2 Å². The van der Waals surface area contributed by atoms with Crippen LogP contribution in [0.25, 0.3) is 0 Å². The number of aliphatic hydroxyl groups is 1. The molecule has 0 unspecified atom stereocenters. The second-order valence-electron chi connectivity index (χ2n) is 4.44. The molecule has 0 bridgehead atoms. The Morgan fingerprint density at radius 2 is 2.35 bits per heavy atom. The molecule has 2 rings (SSSR count). The minimum Gasteiger partial charge on any atom is -0.391 e. The molecule has 5 nitrogen and oxygen atoms in total. The van der Waals surface area contributed by atoms with Crippen LogP contribution in [0.3, 0.4) is 0 Å². The van der Waals surface area contributed by atoms with Crippen LogP contribution in [0, 0.1) is 6.92 Å². The van der Waals surface area contributed by atoms with Gasteiger partial charge in [0.25, 0.3) is 5.91 Å². The number of likely N-dealkylation sites (tertiary alicyclic amines) is 1. The molecule has 1 aliphatic heterocycles. The van der Waals surface area contributed by atoms with Crippen LogP contribution in [0.5, 0.6) is 0 Å². The van der Waals surface area contributed by atoms with Crippen LogP contribution in [-0.4, -0.2) is 40.1 Å². The van der Waals surface area contributed by atoms with Crippen molar-refractivity contribution in [3.8, 4) is 0 Å². The van der Waals surface area contributed by atoms with Gasteiger partial charge in [0.1, 0.15) is 5.56 Å². The summed E-state index contributed by atoms with van der Waals surface area (Å²) in [5.74, 6) is -0.301. The number of hydrogen-bond donors (Lipinski definition) is 2. The maximum Gasteiger partial charge on any atom is 0.259 e. The Bertz CT molecular complexity index is 481. The highest BCUT2D eigenvalue weighted by Gasteiger charge is 2.24. The number of hydrogen-bond acceptors (Lipinski definition) is 3. The molecular formula is C12H16N2O3. The molecule has 2 N–H and O–H groups in total. The largest absolute Gasteiger partial charge is 0.391 e. The van der Waals surface area contributed by atoms with E-state index in [0.717, 1.165) is 12.1 Å². The van der Waals surface area contributed by atoms with Gasteiger partial charge >= 0.3 is 0 Å². The number of aryl methyl sites for hydroxylation is 1. The number of piperidine rings is 1. The molecule has 1 saturated heterocycles. The molecule has 1 aromatic heterocycles. The lowest BCUT2D eigenvalue weighted by atomic mass is 10.1. The summed E-state index contributed by atoms with van der Waals surface area (Å²) in [5.41, 5.74) is 0.598. The highest BCUT2D eigenvalue weighted by molar-refractivity contribution is 5.93. The fraction of sp³-hybridized carbons (Fsp3) is 0.500. The SMILES string of the molecule is Cc1cc(=O)c(C(=O)N2CCC[C@H](O)C2)c[nH]1. The smallest absolute Gasteiger partial charge is 0.259 e. The minimum atomic E-state index is -0.475. The second kappa shape index (κ2) is 4.71. The predicted molar refractivity (Wildman–Crippen MR) is 62.9 cm³/mol. The van der Waals surface area contributed by atoms with Crippen molar-refractivity contribution in [3.63, 3.8) is 0 Å².